The smallest absolute Gasteiger partial charge is 0.280 e. The Kier molecular flexibility index (Phi) is 6.78. The highest BCUT2D eigenvalue weighted by Crippen LogP contribution is 2.32. The van der Waals surface area contributed by atoms with Crippen LogP contribution in [0.25, 0.3) is 5.82 Å². The van der Waals surface area contributed by atoms with Crippen molar-refractivity contribution >= 4 is 27.1 Å². The molecule has 2 aromatic heterocycles. The largest absolute Gasteiger partial charge is 0.439 e. The van der Waals surface area contributed by atoms with Crippen molar-refractivity contribution in [2.75, 3.05) is 4.72 Å². The highest BCUT2D eigenvalue weighted by molar-refractivity contribution is 7.92. The number of ether oxygens (including phenoxy) is 1. The zero-order valence-corrected chi connectivity index (χ0v) is 21.4. The van der Waals surface area contributed by atoms with Crippen LogP contribution in [0, 0.1) is 47.9 Å². The number of nitrogens with zero attached hydrogens (tertiary/aromatic N) is 6. The Morgan fingerprint density at radius 2 is 1.50 bits per heavy atom. The second-order valence-electron chi connectivity index (χ2n) is 8.25. The van der Waals surface area contributed by atoms with E-state index in [0.29, 0.717) is 11.6 Å². The van der Waals surface area contributed by atoms with E-state index >= 15 is 0 Å². The lowest BCUT2D eigenvalue weighted by atomic mass is 10.1. The number of hydrogen-bond donors (Lipinski definition) is 1. The first-order valence-corrected chi connectivity index (χ1v) is 12.4. The number of sulfonamides is 1. The Bertz CT molecular complexity index is 1650. The number of hydrogen-bond acceptors (Lipinski definition) is 10. The quantitative estimate of drug-likeness (QED) is 0.250. The van der Waals surface area contributed by atoms with Crippen LogP contribution in [0.5, 0.6) is 11.6 Å². The summed E-state index contributed by atoms with van der Waals surface area (Å²) in [6, 6.07) is 8.91. The van der Waals surface area contributed by atoms with Gasteiger partial charge in [0, 0.05) is 29.6 Å². The molecule has 38 heavy (non-hydrogen) atoms. The summed E-state index contributed by atoms with van der Waals surface area (Å²) >= 11 is 0. The number of anilines is 1. The van der Waals surface area contributed by atoms with E-state index in [-0.39, 0.29) is 17.1 Å². The van der Waals surface area contributed by atoms with E-state index in [1.165, 1.54) is 37.5 Å². The molecule has 0 bridgehead atoms. The zero-order valence-electron chi connectivity index (χ0n) is 20.6. The number of benzene rings is 2. The van der Waals surface area contributed by atoms with Gasteiger partial charge in [-0.15, -0.1) is 0 Å². The molecule has 0 radical (unpaired) electrons. The molecule has 0 spiro atoms. The molecule has 0 fully saturated rings. The van der Waals surface area contributed by atoms with Gasteiger partial charge in [0.25, 0.3) is 21.4 Å². The molecule has 0 aliphatic heterocycles. The lowest BCUT2D eigenvalue weighted by Gasteiger charge is -2.11. The monoisotopic (exact) mass is 539 g/mol. The molecule has 0 amide bonds. The van der Waals surface area contributed by atoms with Crippen LogP contribution >= 0.6 is 0 Å². The standard InChI is InChI=1S/C23H21N7O7S/c1-13-15(3)26-28(16(13)4)22-11-23(25-12-24-22)37-18-7-5-17(6-8-18)27-38(35,36)19-9-20(29(31)32)14(2)21(10-19)30(33)34/h5-12,27H,1-4H3. The molecule has 0 unspecified atom stereocenters. The van der Waals surface area contributed by atoms with Crippen molar-refractivity contribution in [1.82, 2.24) is 19.7 Å². The van der Waals surface area contributed by atoms with Gasteiger partial charge < -0.3 is 4.74 Å². The van der Waals surface area contributed by atoms with Crippen LogP contribution in [0.2, 0.25) is 0 Å². The molecule has 2 aromatic carbocycles. The average Bonchev–Trinajstić information content (AvgIpc) is 3.12. The van der Waals surface area contributed by atoms with Gasteiger partial charge in [-0.25, -0.2) is 23.1 Å². The van der Waals surface area contributed by atoms with Crippen molar-refractivity contribution in [3.05, 3.63) is 91.5 Å². The molecule has 0 aliphatic carbocycles. The third-order valence-electron chi connectivity index (χ3n) is 5.86. The fourth-order valence-corrected chi connectivity index (χ4v) is 4.66. The van der Waals surface area contributed by atoms with Crippen LogP contribution in [-0.2, 0) is 10.0 Å². The van der Waals surface area contributed by atoms with Crippen LogP contribution in [0.3, 0.4) is 0 Å². The van der Waals surface area contributed by atoms with E-state index in [9.17, 15) is 28.6 Å². The molecule has 0 saturated heterocycles. The molecule has 4 rings (SSSR count). The number of aryl methyl sites for hydroxylation is 1. The highest BCUT2D eigenvalue weighted by atomic mass is 32.2. The number of rotatable bonds is 8. The van der Waals surface area contributed by atoms with Crippen molar-refractivity contribution < 1.29 is 23.0 Å². The van der Waals surface area contributed by atoms with Crippen LogP contribution in [0.1, 0.15) is 22.5 Å². The van der Waals surface area contributed by atoms with Crippen molar-refractivity contribution in [1.29, 1.82) is 0 Å². The molecule has 0 aliphatic rings. The normalized spacial score (nSPS) is 11.3. The predicted molar refractivity (Wildman–Crippen MR) is 135 cm³/mol. The predicted octanol–water partition coefficient (Wildman–Crippen LogP) is 4.31. The van der Waals surface area contributed by atoms with Gasteiger partial charge in [0.05, 0.1) is 15.5 Å². The van der Waals surface area contributed by atoms with Gasteiger partial charge in [0.15, 0.2) is 5.82 Å². The van der Waals surface area contributed by atoms with Gasteiger partial charge in [0.1, 0.15) is 22.5 Å². The van der Waals surface area contributed by atoms with E-state index in [1.807, 2.05) is 20.8 Å². The number of nitrogens with one attached hydrogen (secondary N) is 1. The van der Waals surface area contributed by atoms with E-state index in [4.69, 9.17) is 4.74 Å². The highest BCUT2D eigenvalue weighted by Gasteiger charge is 2.28. The summed E-state index contributed by atoms with van der Waals surface area (Å²) in [6.45, 7) is 6.96. The van der Waals surface area contributed by atoms with Crippen LogP contribution in [0.15, 0.2) is 53.7 Å². The molecule has 14 nitrogen and oxygen atoms in total. The fourth-order valence-electron chi connectivity index (χ4n) is 3.56. The minimum absolute atomic E-state index is 0.102. The van der Waals surface area contributed by atoms with Gasteiger partial charge in [-0.1, -0.05) is 0 Å². The lowest BCUT2D eigenvalue weighted by Crippen LogP contribution is -2.14. The minimum Gasteiger partial charge on any atom is -0.439 e. The summed E-state index contributed by atoms with van der Waals surface area (Å²) in [6.07, 6.45) is 1.33. The first-order chi connectivity index (χ1) is 17.9. The SMILES string of the molecule is Cc1nn(-c2cc(Oc3ccc(NS(=O)(=O)c4cc([N+](=O)[O-])c(C)c([N+](=O)[O-])c4)cc3)ncn2)c(C)c1C. The molecule has 0 saturated carbocycles. The minimum atomic E-state index is -4.39. The Morgan fingerprint density at radius 1 is 0.895 bits per heavy atom. The average molecular weight is 540 g/mol. The van der Waals surface area contributed by atoms with E-state index in [0.717, 1.165) is 29.1 Å². The van der Waals surface area contributed by atoms with Gasteiger partial charge in [-0.05, 0) is 57.5 Å². The molecular weight excluding hydrogens is 518 g/mol. The molecule has 4 aromatic rings. The summed E-state index contributed by atoms with van der Waals surface area (Å²) < 4.78 is 35.4. The Morgan fingerprint density at radius 3 is 2.03 bits per heavy atom. The summed E-state index contributed by atoms with van der Waals surface area (Å²) in [5, 5.41) is 27.1. The zero-order chi connectivity index (χ0) is 27.8. The van der Waals surface area contributed by atoms with Crippen molar-refractivity contribution in [2.45, 2.75) is 32.6 Å². The Balaban J connectivity index is 1.55. The fraction of sp³-hybridized carbons (Fsp3) is 0.174. The second-order valence-corrected chi connectivity index (χ2v) is 9.94. The lowest BCUT2D eigenvalue weighted by molar-refractivity contribution is -0.395. The maximum absolute atomic E-state index is 12.9. The van der Waals surface area contributed by atoms with E-state index in [1.54, 1.807) is 10.7 Å². The van der Waals surface area contributed by atoms with Gasteiger partial charge in [-0.2, -0.15) is 5.10 Å². The van der Waals surface area contributed by atoms with Crippen molar-refractivity contribution in [3.8, 4) is 17.4 Å². The second kappa shape index (κ2) is 9.85. The van der Waals surface area contributed by atoms with Gasteiger partial charge in [0.2, 0.25) is 5.88 Å². The first-order valence-electron chi connectivity index (χ1n) is 11.0. The Labute approximate surface area is 216 Å². The molecule has 2 heterocycles. The first kappa shape index (κ1) is 26.2. The summed E-state index contributed by atoms with van der Waals surface area (Å²) in [4.78, 5) is 28.6. The van der Waals surface area contributed by atoms with E-state index in [2.05, 4.69) is 19.8 Å². The number of nitro groups is 2. The molecule has 0 atom stereocenters. The summed E-state index contributed by atoms with van der Waals surface area (Å²) in [7, 11) is -4.39. The summed E-state index contributed by atoms with van der Waals surface area (Å²) in [5.41, 5.74) is 1.33. The third-order valence-corrected chi connectivity index (χ3v) is 7.22. The van der Waals surface area contributed by atoms with Crippen LogP contribution in [-0.4, -0.2) is 38.0 Å². The number of aromatic nitrogens is 4. The van der Waals surface area contributed by atoms with Crippen LogP contribution < -0.4 is 9.46 Å². The van der Waals surface area contributed by atoms with Gasteiger partial charge >= 0.3 is 0 Å². The molecule has 196 valence electrons. The number of nitro benzene ring substituents is 2. The van der Waals surface area contributed by atoms with E-state index < -0.39 is 36.1 Å². The van der Waals surface area contributed by atoms with Crippen molar-refractivity contribution in [2.24, 2.45) is 0 Å². The molecule has 15 heteroatoms. The van der Waals surface area contributed by atoms with Crippen molar-refractivity contribution in [3.63, 3.8) is 0 Å². The maximum Gasteiger partial charge on any atom is 0.280 e. The Hall–Kier alpha value is -4.92. The molecular formula is C23H21N7O7S. The third kappa shape index (κ3) is 5.12. The topological polar surface area (TPSA) is 185 Å². The van der Waals surface area contributed by atoms with Gasteiger partial charge in [-0.3, -0.25) is 25.0 Å². The maximum atomic E-state index is 12.9. The van der Waals surface area contributed by atoms with Crippen LogP contribution in [0.4, 0.5) is 17.1 Å². The summed E-state index contributed by atoms with van der Waals surface area (Å²) in [5.74, 6) is 1.07. The molecule has 1 N–H and O–H groups in total.